The minimum Gasteiger partial charge on any atom is -0.495 e. The Morgan fingerprint density at radius 2 is 2.27 bits per heavy atom. The smallest absolute Gasteiger partial charge is 0.139 e. The quantitative estimate of drug-likeness (QED) is 0.801. The fraction of sp³-hybridized carbons (Fsp3) is 0.200. The zero-order valence-electron chi connectivity index (χ0n) is 8.22. The summed E-state index contributed by atoms with van der Waals surface area (Å²) in [5.74, 6) is 0.725. The average molecular weight is 268 g/mol. The van der Waals surface area contributed by atoms with E-state index in [0.29, 0.717) is 0 Å². The van der Waals surface area contributed by atoms with Crippen LogP contribution in [0.15, 0.2) is 30.9 Å². The Balaban J connectivity index is 2.35. The molecule has 2 rings (SSSR count). The highest BCUT2D eigenvalue weighted by Crippen LogP contribution is 2.14. The number of halogens is 1. The van der Waals surface area contributed by atoms with Gasteiger partial charge in [0.2, 0.25) is 0 Å². The SMILES string of the molecule is COc1cncc(-n2cc(CBr)cn2)c1. The lowest BCUT2D eigenvalue weighted by atomic mass is 10.4. The number of alkyl halides is 1. The molecule has 2 aromatic heterocycles. The Hall–Kier alpha value is -1.36. The molecule has 0 spiro atoms. The number of hydrogen-bond donors (Lipinski definition) is 0. The molecule has 2 heterocycles. The van der Waals surface area contributed by atoms with E-state index in [4.69, 9.17) is 4.74 Å². The van der Waals surface area contributed by atoms with Gasteiger partial charge in [0.05, 0.1) is 31.4 Å². The molecule has 0 radical (unpaired) electrons. The summed E-state index contributed by atoms with van der Waals surface area (Å²) in [6.07, 6.45) is 7.17. The van der Waals surface area contributed by atoms with Crippen LogP contribution < -0.4 is 4.74 Å². The summed E-state index contributed by atoms with van der Waals surface area (Å²) in [4.78, 5) is 4.07. The van der Waals surface area contributed by atoms with Crippen LogP contribution in [0.25, 0.3) is 5.69 Å². The Bertz CT molecular complexity index is 455. The van der Waals surface area contributed by atoms with Crippen molar-refractivity contribution in [1.29, 1.82) is 0 Å². The van der Waals surface area contributed by atoms with Crippen molar-refractivity contribution in [3.8, 4) is 11.4 Å². The third-order valence-corrected chi connectivity index (χ3v) is 2.64. The van der Waals surface area contributed by atoms with Gasteiger partial charge in [-0.25, -0.2) is 4.68 Å². The molecule has 0 unspecified atom stereocenters. The van der Waals surface area contributed by atoms with E-state index in [1.54, 1.807) is 24.2 Å². The van der Waals surface area contributed by atoms with Crippen LogP contribution in [0.4, 0.5) is 0 Å². The summed E-state index contributed by atoms with van der Waals surface area (Å²) >= 11 is 3.38. The number of ether oxygens (including phenoxy) is 1. The number of hydrogen-bond acceptors (Lipinski definition) is 3. The van der Waals surface area contributed by atoms with Gasteiger partial charge in [0.15, 0.2) is 0 Å². The van der Waals surface area contributed by atoms with Crippen molar-refractivity contribution in [2.75, 3.05) is 7.11 Å². The fourth-order valence-corrected chi connectivity index (χ4v) is 1.50. The Morgan fingerprint density at radius 1 is 1.40 bits per heavy atom. The molecule has 0 amide bonds. The van der Waals surface area contributed by atoms with E-state index < -0.39 is 0 Å². The first kappa shape index (κ1) is 10.2. The van der Waals surface area contributed by atoms with Gasteiger partial charge in [-0.15, -0.1) is 0 Å². The molecule has 5 heteroatoms. The summed E-state index contributed by atoms with van der Waals surface area (Å²) in [6.45, 7) is 0. The lowest BCUT2D eigenvalue weighted by Crippen LogP contribution is -1.95. The molecule has 0 fully saturated rings. The lowest BCUT2D eigenvalue weighted by molar-refractivity contribution is 0.412. The van der Waals surface area contributed by atoms with Gasteiger partial charge < -0.3 is 4.74 Å². The highest BCUT2D eigenvalue weighted by molar-refractivity contribution is 9.08. The van der Waals surface area contributed by atoms with Gasteiger partial charge in [-0.05, 0) is 0 Å². The van der Waals surface area contributed by atoms with Crippen molar-refractivity contribution in [2.45, 2.75) is 5.33 Å². The second-order valence-corrected chi connectivity index (χ2v) is 3.57. The molecule has 0 saturated heterocycles. The molecule has 0 atom stereocenters. The van der Waals surface area contributed by atoms with Crippen LogP contribution in [-0.4, -0.2) is 21.9 Å². The molecule has 78 valence electrons. The normalized spacial score (nSPS) is 10.3. The maximum absolute atomic E-state index is 5.10. The van der Waals surface area contributed by atoms with Crippen LogP contribution in [0.3, 0.4) is 0 Å². The lowest BCUT2D eigenvalue weighted by Gasteiger charge is -2.02. The topological polar surface area (TPSA) is 39.9 Å². The first-order chi connectivity index (χ1) is 7.33. The molecule has 2 aromatic rings. The van der Waals surface area contributed by atoms with Crippen molar-refractivity contribution in [2.24, 2.45) is 0 Å². The third-order valence-electron chi connectivity index (χ3n) is 1.99. The number of methoxy groups -OCH3 is 1. The van der Waals surface area contributed by atoms with Gasteiger partial charge in [-0.3, -0.25) is 4.98 Å². The van der Waals surface area contributed by atoms with Gasteiger partial charge in [0, 0.05) is 23.2 Å². The minimum atomic E-state index is 0.725. The monoisotopic (exact) mass is 267 g/mol. The van der Waals surface area contributed by atoms with E-state index in [-0.39, 0.29) is 0 Å². The summed E-state index contributed by atoms with van der Waals surface area (Å²) in [5, 5.41) is 5.02. The van der Waals surface area contributed by atoms with Crippen LogP contribution in [-0.2, 0) is 5.33 Å². The minimum absolute atomic E-state index is 0.725. The first-order valence-electron chi connectivity index (χ1n) is 4.42. The molecule has 0 aromatic carbocycles. The van der Waals surface area contributed by atoms with Gasteiger partial charge >= 0.3 is 0 Å². The Labute approximate surface area is 96.0 Å². The summed E-state index contributed by atoms with van der Waals surface area (Å²) < 4.78 is 6.87. The van der Waals surface area contributed by atoms with Crippen LogP contribution in [0.2, 0.25) is 0 Å². The van der Waals surface area contributed by atoms with Gasteiger partial charge in [-0.1, -0.05) is 15.9 Å². The van der Waals surface area contributed by atoms with Crippen LogP contribution in [0, 0.1) is 0 Å². The predicted octanol–water partition coefficient (Wildman–Crippen LogP) is 2.17. The fourth-order valence-electron chi connectivity index (χ4n) is 1.21. The molecule has 0 aliphatic carbocycles. The number of nitrogens with zero attached hydrogens (tertiary/aromatic N) is 3. The van der Waals surface area contributed by atoms with Crippen molar-refractivity contribution in [3.05, 3.63) is 36.4 Å². The van der Waals surface area contributed by atoms with E-state index in [1.807, 2.05) is 18.5 Å². The van der Waals surface area contributed by atoms with Crippen LogP contribution in [0.1, 0.15) is 5.56 Å². The summed E-state index contributed by atoms with van der Waals surface area (Å²) in [7, 11) is 1.62. The van der Waals surface area contributed by atoms with E-state index in [2.05, 4.69) is 26.0 Å². The van der Waals surface area contributed by atoms with Crippen LogP contribution >= 0.6 is 15.9 Å². The second-order valence-electron chi connectivity index (χ2n) is 3.01. The first-order valence-corrected chi connectivity index (χ1v) is 5.54. The van der Waals surface area contributed by atoms with Crippen molar-refractivity contribution < 1.29 is 4.74 Å². The number of aromatic nitrogens is 3. The molecule has 0 saturated carbocycles. The molecule has 0 aliphatic rings. The average Bonchev–Trinajstić information content (AvgIpc) is 2.78. The highest BCUT2D eigenvalue weighted by atomic mass is 79.9. The summed E-state index contributed by atoms with van der Waals surface area (Å²) in [6, 6.07) is 1.89. The van der Waals surface area contributed by atoms with Gasteiger partial charge in [0.25, 0.3) is 0 Å². The second kappa shape index (κ2) is 4.44. The number of rotatable bonds is 3. The largest absolute Gasteiger partial charge is 0.495 e. The predicted molar refractivity (Wildman–Crippen MR) is 60.5 cm³/mol. The van der Waals surface area contributed by atoms with E-state index >= 15 is 0 Å². The molecule has 4 nitrogen and oxygen atoms in total. The molecule has 0 bridgehead atoms. The van der Waals surface area contributed by atoms with E-state index in [0.717, 1.165) is 22.3 Å². The Kier molecular flexibility index (Phi) is 3.01. The van der Waals surface area contributed by atoms with Crippen molar-refractivity contribution in [3.63, 3.8) is 0 Å². The molecule has 0 aliphatic heterocycles. The van der Waals surface area contributed by atoms with E-state index in [9.17, 15) is 0 Å². The standard InChI is InChI=1S/C10H10BrN3O/c1-15-10-2-9(5-12-6-10)14-7-8(3-11)4-13-14/h2,4-7H,3H2,1H3. The molecular weight excluding hydrogens is 258 g/mol. The maximum atomic E-state index is 5.10. The van der Waals surface area contributed by atoms with E-state index in [1.165, 1.54) is 0 Å². The third kappa shape index (κ3) is 2.18. The highest BCUT2D eigenvalue weighted by Gasteiger charge is 2.01. The molecule has 0 N–H and O–H groups in total. The zero-order chi connectivity index (χ0) is 10.7. The zero-order valence-corrected chi connectivity index (χ0v) is 9.81. The Morgan fingerprint density at radius 3 is 2.93 bits per heavy atom. The van der Waals surface area contributed by atoms with Crippen LogP contribution in [0.5, 0.6) is 5.75 Å². The number of pyridine rings is 1. The van der Waals surface area contributed by atoms with Gasteiger partial charge in [0.1, 0.15) is 5.75 Å². The van der Waals surface area contributed by atoms with Crippen molar-refractivity contribution >= 4 is 15.9 Å². The summed E-state index contributed by atoms with van der Waals surface area (Å²) in [5.41, 5.74) is 2.01. The van der Waals surface area contributed by atoms with Crippen molar-refractivity contribution in [1.82, 2.24) is 14.8 Å². The molecule has 15 heavy (non-hydrogen) atoms. The van der Waals surface area contributed by atoms with Gasteiger partial charge in [-0.2, -0.15) is 5.10 Å². The maximum Gasteiger partial charge on any atom is 0.139 e. The molecular formula is C10H10BrN3O.